The molecule has 0 spiro atoms. The number of hydrogen-bond donors (Lipinski definition) is 0. The number of halogens is 1. The third-order valence-electron chi connectivity index (χ3n) is 6.52. The number of piperazine rings is 1. The number of hydrogen-bond acceptors (Lipinski definition) is 4. The summed E-state index contributed by atoms with van der Waals surface area (Å²) in [5.74, 6) is 0.335. The van der Waals surface area contributed by atoms with Crippen LogP contribution in [0, 0.1) is 5.82 Å². The van der Waals surface area contributed by atoms with E-state index in [0.29, 0.717) is 24.5 Å². The predicted octanol–water partition coefficient (Wildman–Crippen LogP) is 5.16. The van der Waals surface area contributed by atoms with Crippen LogP contribution in [0.2, 0.25) is 0 Å². The number of ether oxygens (including phenoxy) is 1. The maximum atomic E-state index is 13.7. The van der Waals surface area contributed by atoms with Gasteiger partial charge in [-0.2, -0.15) is 5.10 Å². The van der Waals surface area contributed by atoms with Gasteiger partial charge in [-0.25, -0.2) is 9.07 Å². The van der Waals surface area contributed by atoms with Crippen molar-refractivity contribution in [1.82, 2.24) is 19.6 Å². The van der Waals surface area contributed by atoms with Crippen LogP contribution in [-0.2, 0) is 0 Å². The van der Waals surface area contributed by atoms with E-state index in [4.69, 9.17) is 9.84 Å². The van der Waals surface area contributed by atoms with Crippen LogP contribution in [0.3, 0.4) is 0 Å². The van der Waals surface area contributed by atoms with Gasteiger partial charge in [0.25, 0.3) is 5.91 Å². The zero-order valence-corrected chi connectivity index (χ0v) is 20.8. The molecule has 4 aromatic rings. The minimum atomic E-state index is -0.314. The van der Waals surface area contributed by atoms with Crippen molar-refractivity contribution in [2.45, 2.75) is 0 Å². The van der Waals surface area contributed by atoms with E-state index >= 15 is 0 Å². The summed E-state index contributed by atoms with van der Waals surface area (Å²) >= 11 is 0. The number of nitrogens with zero attached hydrogens (tertiary/aromatic N) is 4. The molecule has 0 aliphatic carbocycles. The number of rotatable bonds is 7. The highest BCUT2D eigenvalue weighted by Gasteiger charge is 2.26. The fourth-order valence-corrected chi connectivity index (χ4v) is 4.41. The first-order valence-corrected chi connectivity index (χ1v) is 12.3. The van der Waals surface area contributed by atoms with E-state index < -0.39 is 0 Å². The molecule has 3 aromatic carbocycles. The Kier molecular flexibility index (Phi) is 7.42. The Morgan fingerprint density at radius 3 is 2.32 bits per heavy atom. The monoisotopic (exact) mass is 496 g/mol. The van der Waals surface area contributed by atoms with Gasteiger partial charge < -0.3 is 9.64 Å². The van der Waals surface area contributed by atoms with Gasteiger partial charge in [0.2, 0.25) is 0 Å². The highest BCUT2D eigenvalue weighted by atomic mass is 19.1. The molecule has 1 aliphatic heterocycles. The summed E-state index contributed by atoms with van der Waals surface area (Å²) in [7, 11) is 1.61. The molecule has 0 bridgehead atoms. The third kappa shape index (κ3) is 5.78. The van der Waals surface area contributed by atoms with Gasteiger partial charge in [-0.05, 0) is 60.2 Å². The lowest BCUT2D eigenvalue weighted by Gasteiger charge is -2.34. The molecule has 1 saturated heterocycles. The van der Waals surface area contributed by atoms with Crippen molar-refractivity contribution >= 4 is 12.0 Å². The Morgan fingerprint density at radius 1 is 0.946 bits per heavy atom. The lowest BCUT2D eigenvalue weighted by atomic mass is 10.1. The summed E-state index contributed by atoms with van der Waals surface area (Å²) in [6.45, 7) is 3.71. The maximum absolute atomic E-state index is 13.7. The van der Waals surface area contributed by atoms with Crippen LogP contribution in [0.1, 0.15) is 16.1 Å². The van der Waals surface area contributed by atoms with E-state index in [1.807, 2.05) is 47.4 Å². The van der Waals surface area contributed by atoms with Crippen LogP contribution < -0.4 is 4.74 Å². The summed E-state index contributed by atoms with van der Waals surface area (Å²) in [4.78, 5) is 17.9. The summed E-state index contributed by atoms with van der Waals surface area (Å²) < 4.78 is 20.4. The molecule has 5 rings (SSSR count). The molecule has 7 heteroatoms. The molecule has 1 aromatic heterocycles. The van der Waals surface area contributed by atoms with Crippen LogP contribution in [0.5, 0.6) is 5.75 Å². The average Bonchev–Trinajstić information content (AvgIpc) is 3.39. The SMILES string of the molecule is COc1ccc(-n2nc(-c3ccc(F)cc3)cc2C(=O)N2CCN(CC=Cc3ccccc3)CC2)cc1. The largest absolute Gasteiger partial charge is 0.497 e. The van der Waals surface area contributed by atoms with Gasteiger partial charge in [-0.15, -0.1) is 0 Å². The molecule has 2 heterocycles. The van der Waals surface area contributed by atoms with E-state index in [1.54, 1.807) is 30.0 Å². The number of carbonyl (C=O) groups excluding carboxylic acids is 1. The molecule has 1 aliphatic rings. The Hall–Kier alpha value is -4.23. The Balaban J connectivity index is 1.32. The summed E-state index contributed by atoms with van der Waals surface area (Å²) in [6.07, 6.45) is 4.29. The first kappa shape index (κ1) is 24.5. The molecular weight excluding hydrogens is 467 g/mol. The van der Waals surface area contributed by atoms with Gasteiger partial charge in [-0.1, -0.05) is 42.5 Å². The van der Waals surface area contributed by atoms with E-state index in [0.717, 1.165) is 36.6 Å². The van der Waals surface area contributed by atoms with Crippen molar-refractivity contribution in [3.05, 3.63) is 108 Å². The standard InChI is InChI=1S/C30H29FN4O2/c1-37-27-15-13-26(14-16-27)35-29(22-28(32-35)24-9-11-25(31)12-10-24)30(36)34-20-18-33(19-21-34)17-5-8-23-6-3-2-4-7-23/h2-16,22H,17-21H2,1H3. The van der Waals surface area contributed by atoms with Crippen LogP contribution in [0.15, 0.2) is 91.0 Å². The lowest BCUT2D eigenvalue weighted by Crippen LogP contribution is -2.49. The van der Waals surface area contributed by atoms with Crippen molar-refractivity contribution in [2.75, 3.05) is 39.8 Å². The van der Waals surface area contributed by atoms with Crippen LogP contribution in [-0.4, -0.2) is 65.3 Å². The van der Waals surface area contributed by atoms with Crippen molar-refractivity contribution in [2.24, 2.45) is 0 Å². The maximum Gasteiger partial charge on any atom is 0.272 e. The van der Waals surface area contributed by atoms with E-state index in [-0.39, 0.29) is 11.7 Å². The fourth-order valence-electron chi connectivity index (χ4n) is 4.41. The molecule has 0 saturated carbocycles. The first-order chi connectivity index (χ1) is 18.1. The smallest absolute Gasteiger partial charge is 0.272 e. The molecule has 0 N–H and O–H groups in total. The van der Waals surface area contributed by atoms with Crippen molar-refractivity contribution in [3.63, 3.8) is 0 Å². The van der Waals surface area contributed by atoms with Crippen molar-refractivity contribution < 1.29 is 13.9 Å². The molecule has 0 atom stereocenters. The molecule has 188 valence electrons. The average molecular weight is 497 g/mol. The van der Waals surface area contributed by atoms with Crippen LogP contribution in [0.25, 0.3) is 23.0 Å². The molecule has 1 fully saturated rings. The molecular formula is C30H29FN4O2. The summed E-state index contributed by atoms with van der Waals surface area (Å²) in [5.41, 5.74) is 3.77. The molecule has 6 nitrogen and oxygen atoms in total. The minimum absolute atomic E-state index is 0.0730. The van der Waals surface area contributed by atoms with Crippen molar-refractivity contribution in [1.29, 1.82) is 0 Å². The van der Waals surface area contributed by atoms with Crippen LogP contribution in [0.4, 0.5) is 4.39 Å². The normalized spacial score (nSPS) is 14.3. The van der Waals surface area contributed by atoms with Crippen LogP contribution >= 0.6 is 0 Å². The highest BCUT2D eigenvalue weighted by Crippen LogP contribution is 2.24. The number of aromatic nitrogens is 2. The second-order valence-corrected chi connectivity index (χ2v) is 8.94. The van der Waals surface area contributed by atoms with Gasteiger partial charge in [0.05, 0.1) is 18.5 Å². The fraction of sp³-hybridized carbons (Fsp3) is 0.200. The van der Waals surface area contributed by atoms with Crippen molar-refractivity contribution in [3.8, 4) is 22.7 Å². The predicted molar refractivity (Wildman–Crippen MR) is 143 cm³/mol. The van der Waals surface area contributed by atoms with Gasteiger partial charge >= 0.3 is 0 Å². The third-order valence-corrected chi connectivity index (χ3v) is 6.52. The van der Waals surface area contributed by atoms with Gasteiger partial charge in [0.1, 0.15) is 17.3 Å². The van der Waals surface area contributed by atoms with E-state index in [2.05, 4.69) is 29.2 Å². The van der Waals surface area contributed by atoms with Gasteiger partial charge in [-0.3, -0.25) is 9.69 Å². The quantitative estimate of drug-likeness (QED) is 0.355. The molecule has 37 heavy (non-hydrogen) atoms. The van der Waals surface area contributed by atoms with E-state index in [1.165, 1.54) is 17.7 Å². The molecule has 0 unspecified atom stereocenters. The summed E-state index contributed by atoms with van der Waals surface area (Å²) in [5, 5.41) is 4.72. The Morgan fingerprint density at radius 2 is 1.65 bits per heavy atom. The van der Waals surface area contributed by atoms with Gasteiger partial charge in [0, 0.05) is 38.3 Å². The summed E-state index contributed by atoms with van der Waals surface area (Å²) in [6, 6.07) is 25.6. The van der Waals surface area contributed by atoms with Gasteiger partial charge in [0.15, 0.2) is 0 Å². The zero-order chi connectivity index (χ0) is 25.6. The number of benzene rings is 3. The molecule has 0 radical (unpaired) electrons. The molecule has 1 amide bonds. The Bertz CT molecular complexity index is 1360. The number of methoxy groups -OCH3 is 1. The first-order valence-electron chi connectivity index (χ1n) is 12.3. The topological polar surface area (TPSA) is 50.6 Å². The highest BCUT2D eigenvalue weighted by molar-refractivity contribution is 5.94. The second-order valence-electron chi connectivity index (χ2n) is 8.94. The zero-order valence-electron chi connectivity index (χ0n) is 20.8. The second kappa shape index (κ2) is 11.2. The van der Waals surface area contributed by atoms with E-state index in [9.17, 15) is 9.18 Å². The Labute approximate surface area is 216 Å². The number of amides is 1. The lowest BCUT2D eigenvalue weighted by molar-refractivity contribution is 0.0641. The number of carbonyl (C=O) groups is 1. The minimum Gasteiger partial charge on any atom is -0.497 e.